The summed E-state index contributed by atoms with van der Waals surface area (Å²) in [6.45, 7) is 10.8. The minimum absolute atomic E-state index is 0.000823. The van der Waals surface area contributed by atoms with Gasteiger partial charge in [0.25, 0.3) is 5.91 Å². The van der Waals surface area contributed by atoms with E-state index in [4.69, 9.17) is 0 Å². The topological polar surface area (TPSA) is 234 Å². The summed E-state index contributed by atoms with van der Waals surface area (Å²) in [4.78, 5) is 82.6. The van der Waals surface area contributed by atoms with Gasteiger partial charge in [0.05, 0.1) is 31.7 Å². The molecule has 2 aliphatic heterocycles. The number of nitrogens with one attached hydrogen (secondary N) is 2. The Bertz CT molecular complexity index is 2030. The molecule has 0 unspecified atom stereocenters. The van der Waals surface area contributed by atoms with Gasteiger partial charge in [-0.25, -0.2) is 0 Å². The average molecular weight is 875 g/mol. The number of phenolic OH excluding ortho intramolecular Hbond substituents is 2. The molecule has 19 nitrogen and oxygen atoms in total. The minimum Gasteiger partial charge on any atom is -0.508 e. The van der Waals surface area contributed by atoms with Crippen LogP contribution in [0.5, 0.6) is 11.5 Å². The maximum atomic E-state index is 13.8. The number of likely N-dealkylation sites (tertiary alicyclic amines) is 1. The zero-order valence-corrected chi connectivity index (χ0v) is 36.6. The maximum Gasteiger partial charge on any atom is 0.317 e. The van der Waals surface area contributed by atoms with Crippen LogP contribution in [0.1, 0.15) is 61.3 Å². The third kappa shape index (κ3) is 14.1. The first kappa shape index (κ1) is 48.3. The summed E-state index contributed by atoms with van der Waals surface area (Å²) in [5.41, 5.74) is 2.52. The Morgan fingerprint density at radius 2 is 1.30 bits per heavy atom. The zero-order chi connectivity index (χ0) is 45.5. The zero-order valence-electron chi connectivity index (χ0n) is 36.6. The number of amides is 3. The van der Waals surface area contributed by atoms with Gasteiger partial charge in [0.15, 0.2) is 5.82 Å². The summed E-state index contributed by atoms with van der Waals surface area (Å²) in [5, 5.41) is 45.4. The number of carbonyl (C=O) groups excluding carboxylic acids is 5. The molecule has 0 saturated carbocycles. The lowest BCUT2D eigenvalue weighted by Crippen LogP contribution is -2.49. The third-order valence-corrected chi connectivity index (χ3v) is 11.7. The SMILES string of the molecule is CC(=O)N1CCC(Cc2ccc(-n3c(C(=O)NCCNC(=O)CN4CCN(CC=O)CCN(CC=O)CCN(CC(=O)O)CC4)nnc3-c3cc(C(C)C)c(O)cc3O)cc2)CC1. The van der Waals surface area contributed by atoms with Gasteiger partial charge in [-0.2, -0.15) is 0 Å². The van der Waals surface area contributed by atoms with Crippen LogP contribution in [0.4, 0.5) is 0 Å². The van der Waals surface area contributed by atoms with Gasteiger partial charge in [-0.1, -0.05) is 26.0 Å². The molecule has 1 aromatic heterocycles. The van der Waals surface area contributed by atoms with Gasteiger partial charge in [0.1, 0.15) is 24.1 Å². The van der Waals surface area contributed by atoms with Crippen molar-refractivity contribution < 1.29 is 44.1 Å². The second-order valence-corrected chi connectivity index (χ2v) is 16.6. The molecule has 63 heavy (non-hydrogen) atoms. The van der Waals surface area contributed by atoms with Gasteiger partial charge in [0.2, 0.25) is 17.6 Å². The van der Waals surface area contributed by atoms with Crippen LogP contribution in [0.25, 0.3) is 17.1 Å². The number of aromatic nitrogens is 3. The van der Waals surface area contributed by atoms with Crippen LogP contribution < -0.4 is 10.6 Å². The molecule has 3 aromatic rings. The predicted molar refractivity (Wildman–Crippen MR) is 234 cm³/mol. The molecule has 19 heteroatoms. The van der Waals surface area contributed by atoms with Crippen LogP contribution in [0.3, 0.4) is 0 Å². The Labute approximate surface area is 368 Å². The smallest absolute Gasteiger partial charge is 0.317 e. The maximum absolute atomic E-state index is 13.8. The summed E-state index contributed by atoms with van der Waals surface area (Å²) in [6.07, 6.45) is 4.29. The number of aldehydes is 2. The molecular weight excluding hydrogens is 813 g/mol. The summed E-state index contributed by atoms with van der Waals surface area (Å²) in [6, 6.07) is 10.6. The molecule has 0 aliphatic carbocycles. The summed E-state index contributed by atoms with van der Waals surface area (Å²) >= 11 is 0. The number of nitrogens with zero attached hydrogens (tertiary/aromatic N) is 8. The number of carboxylic acid groups (broad SMARTS) is 1. The highest BCUT2D eigenvalue weighted by Crippen LogP contribution is 2.38. The Morgan fingerprint density at radius 3 is 1.84 bits per heavy atom. The van der Waals surface area contributed by atoms with Crippen LogP contribution in [0.15, 0.2) is 36.4 Å². The fourth-order valence-corrected chi connectivity index (χ4v) is 8.03. The molecule has 0 bridgehead atoms. The minimum atomic E-state index is -0.978. The van der Waals surface area contributed by atoms with E-state index in [2.05, 4.69) is 20.8 Å². The number of phenols is 2. The molecule has 0 radical (unpaired) electrons. The Balaban J connectivity index is 1.26. The van der Waals surface area contributed by atoms with Crippen molar-refractivity contribution in [3.8, 4) is 28.6 Å². The molecule has 0 atom stereocenters. The summed E-state index contributed by atoms with van der Waals surface area (Å²) in [7, 11) is 0. The van der Waals surface area contributed by atoms with E-state index in [0.717, 1.165) is 50.5 Å². The molecule has 342 valence electrons. The van der Waals surface area contributed by atoms with E-state index in [1.54, 1.807) is 22.5 Å². The first-order valence-electron chi connectivity index (χ1n) is 21.7. The number of rotatable bonds is 17. The van der Waals surface area contributed by atoms with Crippen molar-refractivity contribution in [3.05, 3.63) is 53.3 Å². The number of aliphatic carboxylic acids is 1. The largest absolute Gasteiger partial charge is 0.508 e. The van der Waals surface area contributed by atoms with E-state index in [0.29, 0.717) is 69.5 Å². The molecule has 2 aliphatic rings. The number of hydrogen-bond acceptors (Lipinski definition) is 14. The highest BCUT2D eigenvalue weighted by atomic mass is 16.4. The normalized spacial score (nSPS) is 16.9. The van der Waals surface area contributed by atoms with Gasteiger partial charge in [-0.3, -0.25) is 43.3 Å². The Morgan fingerprint density at radius 1 is 0.746 bits per heavy atom. The molecule has 2 fully saturated rings. The van der Waals surface area contributed by atoms with Crippen LogP contribution in [0.2, 0.25) is 0 Å². The van der Waals surface area contributed by atoms with Gasteiger partial charge in [0, 0.05) is 97.2 Å². The van der Waals surface area contributed by atoms with Crippen LogP contribution in [0, 0.1) is 5.92 Å². The number of carboxylic acids is 1. The van der Waals surface area contributed by atoms with Crippen molar-refractivity contribution in [2.75, 3.05) is 105 Å². The molecule has 0 spiro atoms. The van der Waals surface area contributed by atoms with E-state index in [1.807, 2.05) is 57.7 Å². The van der Waals surface area contributed by atoms with Crippen molar-refractivity contribution in [1.29, 1.82) is 0 Å². The van der Waals surface area contributed by atoms with Gasteiger partial charge < -0.3 is 40.4 Å². The number of benzene rings is 2. The molecule has 2 aromatic carbocycles. The van der Waals surface area contributed by atoms with Gasteiger partial charge in [-0.15, -0.1) is 10.2 Å². The predicted octanol–water partition coefficient (Wildman–Crippen LogP) is 0.820. The lowest BCUT2D eigenvalue weighted by atomic mass is 9.90. The van der Waals surface area contributed by atoms with E-state index in [9.17, 15) is 44.1 Å². The van der Waals surface area contributed by atoms with Crippen LogP contribution in [-0.4, -0.2) is 196 Å². The molecule has 3 heterocycles. The fourth-order valence-electron chi connectivity index (χ4n) is 8.03. The quantitative estimate of drug-likeness (QED) is 0.0934. The van der Waals surface area contributed by atoms with Gasteiger partial charge >= 0.3 is 5.97 Å². The van der Waals surface area contributed by atoms with Crippen molar-refractivity contribution in [2.24, 2.45) is 5.92 Å². The molecular formula is C44H62N10O9. The molecule has 5 rings (SSSR count). The van der Waals surface area contributed by atoms with E-state index >= 15 is 0 Å². The van der Waals surface area contributed by atoms with Crippen LogP contribution in [-0.2, 0) is 30.4 Å². The highest BCUT2D eigenvalue weighted by molar-refractivity contribution is 5.92. The van der Waals surface area contributed by atoms with E-state index < -0.39 is 11.9 Å². The molecule has 3 amide bonds. The number of piperidine rings is 1. The van der Waals surface area contributed by atoms with E-state index in [-0.39, 0.29) is 85.7 Å². The third-order valence-electron chi connectivity index (χ3n) is 11.7. The lowest BCUT2D eigenvalue weighted by Gasteiger charge is -2.32. The number of hydrogen-bond donors (Lipinski definition) is 5. The molecule has 5 N–H and O–H groups in total. The average Bonchev–Trinajstić information content (AvgIpc) is 3.68. The second kappa shape index (κ2) is 23.6. The first-order valence-corrected chi connectivity index (χ1v) is 21.7. The van der Waals surface area contributed by atoms with Crippen molar-refractivity contribution in [2.45, 2.75) is 46.0 Å². The Kier molecular flexibility index (Phi) is 18.1. The lowest BCUT2D eigenvalue weighted by molar-refractivity contribution is -0.138. The van der Waals surface area contributed by atoms with Gasteiger partial charge in [-0.05, 0) is 60.4 Å². The number of aromatic hydroxyl groups is 2. The van der Waals surface area contributed by atoms with E-state index in [1.165, 1.54) is 6.07 Å². The standard InChI is InChI=1S/C44H62N10O9/c1-31(2)36-27-37(39(59)28-38(36)58)42-47-48-43(54(42)35-6-4-33(5-7-35)26-34-8-12-53(13-9-34)32(3)57)44(63)46-11-10-45-40(60)29-51-18-16-49(22-24-55)14-15-50(23-25-56)17-19-52(21-20-51)30-41(61)62/h4-7,24-25,27-28,31,34,58-59H,8-23,26,29-30H2,1-3H3,(H,45,60)(H,46,63)(H,61,62). The second-order valence-electron chi connectivity index (χ2n) is 16.6. The fraction of sp³-hybridized carbons (Fsp3) is 0.545. The van der Waals surface area contributed by atoms with Crippen molar-refractivity contribution in [1.82, 2.24) is 49.9 Å². The Hall–Kier alpha value is -5.76. The first-order chi connectivity index (χ1) is 30.3. The molecule has 2 saturated heterocycles. The van der Waals surface area contributed by atoms with Crippen molar-refractivity contribution in [3.63, 3.8) is 0 Å². The number of carbonyl (C=O) groups is 6. The summed E-state index contributed by atoms with van der Waals surface area (Å²) in [5.74, 6) is -1.60. The monoisotopic (exact) mass is 874 g/mol. The highest BCUT2D eigenvalue weighted by Gasteiger charge is 2.26. The summed E-state index contributed by atoms with van der Waals surface area (Å²) < 4.78 is 1.55. The van der Waals surface area contributed by atoms with Crippen molar-refractivity contribution >= 4 is 36.3 Å². The van der Waals surface area contributed by atoms with Crippen LogP contribution >= 0.6 is 0 Å².